The van der Waals surface area contributed by atoms with Gasteiger partial charge in [-0.1, -0.05) is 18.9 Å². The molecule has 1 aromatic heterocycles. The lowest BCUT2D eigenvalue weighted by Gasteiger charge is -2.10. The van der Waals surface area contributed by atoms with Crippen molar-refractivity contribution >= 4 is 21.9 Å². The number of fused-ring (bicyclic) bond motifs is 2. The fraction of sp³-hybridized carbons (Fsp3) is 0.350. The van der Waals surface area contributed by atoms with Crippen LogP contribution in [0.2, 0.25) is 0 Å². The van der Waals surface area contributed by atoms with E-state index in [2.05, 4.69) is 4.84 Å². The lowest BCUT2D eigenvalue weighted by molar-refractivity contribution is -0.757. The maximum absolute atomic E-state index is 12.8. The molecular weight excluding hydrogens is 382 g/mol. The molecule has 3 rings (SSSR count). The van der Waals surface area contributed by atoms with Gasteiger partial charge in [-0.05, 0) is 25.0 Å². The average Bonchev–Trinajstić information content (AvgIpc) is 2.68. The molecule has 0 fully saturated rings. The molecule has 0 saturated heterocycles. The van der Waals surface area contributed by atoms with Crippen molar-refractivity contribution in [3.63, 3.8) is 0 Å². The van der Waals surface area contributed by atoms with Gasteiger partial charge in [0.05, 0.1) is 20.3 Å². The van der Waals surface area contributed by atoms with E-state index < -0.39 is 5.09 Å². The second-order valence-corrected chi connectivity index (χ2v) is 6.40. The van der Waals surface area contributed by atoms with Crippen molar-refractivity contribution in [3.8, 4) is 17.2 Å². The molecule has 0 aliphatic heterocycles. The molecular formula is C20H21NO8. The van der Waals surface area contributed by atoms with Crippen molar-refractivity contribution in [2.24, 2.45) is 0 Å². The second kappa shape index (κ2) is 9.13. The molecule has 1 N–H and O–H groups in total. The Labute approximate surface area is 165 Å². The Morgan fingerprint density at radius 2 is 1.83 bits per heavy atom. The summed E-state index contributed by atoms with van der Waals surface area (Å²) in [5.74, 6) is 0.537. The van der Waals surface area contributed by atoms with Crippen LogP contribution in [0.1, 0.15) is 25.7 Å². The van der Waals surface area contributed by atoms with Crippen LogP contribution in [0.3, 0.4) is 0 Å². The van der Waals surface area contributed by atoms with Crippen LogP contribution in [0, 0.1) is 10.1 Å². The number of methoxy groups -OCH3 is 1. The molecule has 0 aliphatic rings. The van der Waals surface area contributed by atoms with Crippen LogP contribution in [0.15, 0.2) is 39.5 Å². The molecule has 0 aliphatic carbocycles. The highest BCUT2D eigenvalue weighted by Crippen LogP contribution is 2.32. The van der Waals surface area contributed by atoms with Gasteiger partial charge in [0.15, 0.2) is 0 Å². The topological polar surface area (TPSA) is 121 Å². The van der Waals surface area contributed by atoms with E-state index in [-0.39, 0.29) is 34.1 Å². The first-order valence-electron chi connectivity index (χ1n) is 9.18. The Kier molecular flexibility index (Phi) is 6.38. The number of phenols is 1. The largest absolute Gasteiger partial charge is 0.507 e. The molecule has 1 heterocycles. The minimum atomic E-state index is -0.799. The highest BCUT2D eigenvalue weighted by atomic mass is 16.9. The highest BCUT2D eigenvalue weighted by molar-refractivity contribution is 5.96. The fourth-order valence-electron chi connectivity index (χ4n) is 3.09. The number of unbranched alkanes of at least 4 members (excludes halogenated alkanes) is 3. The molecule has 9 nitrogen and oxygen atoms in total. The molecule has 0 spiro atoms. The SMILES string of the molecule is COc1cccc2oc3cc(OCCCCCCO[N+](=O)[O-])cc(O)c3c(=O)c12. The monoisotopic (exact) mass is 403 g/mol. The molecule has 0 unspecified atom stereocenters. The molecule has 0 atom stereocenters. The van der Waals surface area contributed by atoms with E-state index in [0.717, 1.165) is 19.3 Å². The molecule has 0 amide bonds. The third kappa shape index (κ3) is 4.68. The smallest absolute Gasteiger partial charge is 0.294 e. The van der Waals surface area contributed by atoms with Gasteiger partial charge in [0.1, 0.15) is 39.2 Å². The summed E-state index contributed by atoms with van der Waals surface area (Å²) in [6.45, 7) is 0.483. The fourth-order valence-corrected chi connectivity index (χ4v) is 3.09. The molecule has 0 saturated carbocycles. The minimum absolute atomic E-state index is 0.0696. The second-order valence-electron chi connectivity index (χ2n) is 6.40. The molecule has 3 aromatic rings. The Morgan fingerprint density at radius 1 is 1.07 bits per heavy atom. The standard InChI is InChI=1S/C20H21NO8/c1-26-15-7-6-8-16-19(15)20(23)18-14(22)11-13(12-17(18)29-16)27-9-4-2-3-5-10-28-21(24)25/h6-8,11-12,22H,2-5,9-10H2,1H3. The first-order chi connectivity index (χ1) is 14.0. The molecule has 154 valence electrons. The summed E-state index contributed by atoms with van der Waals surface area (Å²) in [6, 6.07) is 7.98. The lowest BCUT2D eigenvalue weighted by Crippen LogP contribution is -2.05. The zero-order valence-corrected chi connectivity index (χ0v) is 15.9. The van der Waals surface area contributed by atoms with Crippen molar-refractivity contribution in [3.05, 3.63) is 50.7 Å². The Morgan fingerprint density at radius 3 is 2.55 bits per heavy atom. The number of benzene rings is 2. The molecule has 29 heavy (non-hydrogen) atoms. The van der Waals surface area contributed by atoms with Gasteiger partial charge in [0.25, 0.3) is 5.09 Å². The van der Waals surface area contributed by atoms with Crippen molar-refractivity contribution < 1.29 is 28.9 Å². The number of ether oxygens (including phenoxy) is 2. The van der Waals surface area contributed by atoms with Gasteiger partial charge in [-0.25, -0.2) is 0 Å². The number of phenolic OH excluding ortho intramolecular Hbond substituents is 1. The number of rotatable bonds is 10. The molecule has 0 radical (unpaired) electrons. The third-order valence-electron chi connectivity index (χ3n) is 4.44. The lowest BCUT2D eigenvalue weighted by atomic mass is 10.1. The van der Waals surface area contributed by atoms with Gasteiger partial charge < -0.3 is 23.8 Å². The quantitative estimate of drug-likeness (QED) is 0.235. The number of nitrogens with zero attached hydrogens (tertiary/aromatic N) is 1. The maximum atomic E-state index is 12.8. The van der Waals surface area contributed by atoms with Crippen molar-refractivity contribution in [1.82, 2.24) is 0 Å². The Hall–Kier alpha value is -3.49. The van der Waals surface area contributed by atoms with Crippen LogP contribution >= 0.6 is 0 Å². The van der Waals surface area contributed by atoms with E-state index in [1.807, 2.05) is 0 Å². The van der Waals surface area contributed by atoms with E-state index in [4.69, 9.17) is 13.9 Å². The van der Waals surface area contributed by atoms with Crippen molar-refractivity contribution in [1.29, 1.82) is 0 Å². The molecule has 2 aromatic carbocycles. The first-order valence-corrected chi connectivity index (χ1v) is 9.18. The zero-order chi connectivity index (χ0) is 20.8. The van der Waals surface area contributed by atoms with E-state index in [0.29, 0.717) is 30.1 Å². The van der Waals surface area contributed by atoms with E-state index in [9.17, 15) is 20.0 Å². The predicted molar refractivity (Wildman–Crippen MR) is 105 cm³/mol. The highest BCUT2D eigenvalue weighted by Gasteiger charge is 2.16. The van der Waals surface area contributed by atoms with Gasteiger partial charge >= 0.3 is 0 Å². The normalized spacial score (nSPS) is 10.9. The minimum Gasteiger partial charge on any atom is -0.507 e. The molecule has 9 heteroatoms. The van der Waals surface area contributed by atoms with E-state index in [1.165, 1.54) is 13.2 Å². The van der Waals surface area contributed by atoms with E-state index in [1.54, 1.807) is 24.3 Å². The first kappa shape index (κ1) is 20.2. The van der Waals surface area contributed by atoms with Gasteiger partial charge in [0, 0.05) is 12.1 Å². The summed E-state index contributed by atoms with van der Waals surface area (Å²) < 4.78 is 16.7. The number of hydrogen-bond donors (Lipinski definition) is 1. The number of aromatic hydroxyl groups is 1. The Bertz CT molecular complexity index is 1080. The third-order valence-corrected chi connectivity index (χ3v) is 4.44. The maximum Gasteiger partial charge on any atom is 0.294 e. The zero-order valence-electron chi connectivity index (χ0n) is 15.9. The Balaban J connectivity index is 1.69. The van der Waals surface area contributed by atoms with Crippen LogP contribution in [0.4, 0.5) is 0 Å². The van der Waals surface area contributed by atoms with Crippen LogP contribution in [0.25, 0.3) is 21.9 Å². The predicted octanol–water partition coefficient (Wildman–Crippen LogP) is 3.81. The van der Waals surface area contributed by atoms with Crippen molar-refractivity contribution in [2.45, 2.75) is 25.7 Å². The van der Waals surface area contributed by atoms with Crippen LogP contribution in [0.5, 0.6) is 17.2 Å². The van der Waals surface area contributed by atoms with E-state index >= 15 is 0 Å². The molecule has 0 bridgehead atoms. The van der Waals surface area contributed by atoms with Gasteiger partial charge in [-0.3, -0.25) is 4.79 Å². The van der Waals surface area contributed by atoms with Crippen LogP contribution in [-0.2, 0) is 4.84 Å². The summed E-state index contributed by atoms with van der Waals surface area (Å²) >= 11 is 0. The average molecular weight is 403 g/mol. The summed E-state index contributed by atoms with van der Waals surface area (Å²) in [5.41, 5.74) is 0.206. The van der Waals surface area contributed by atoms with Gasteiger partial charge in [-0.2, -0.15) is 0 Å². The summed E-state index contributed by atoms with van der Waals surface area (Å²) in [5, 5.41) is 19.9. The number of hydrogen-bond acceptors (Lipinski definition) is 8. The van der Waals surface area contributed by atoms with Crippen LogP contribution < -0.4 is 14.9 Å². The van der Waals surface area contributed by atoms with Gasteiger partial charge in [-0.15, -0.1) is 10.1 Å². The summed E-state index contributed by atoms with van der Waals surface area (Å²) in [4.78, 5) is 27.1. The summed E-state index contributed by atoms with van der Waals surface area (Å²) in [7, 11) is 1.46. The van der Waals surface area contributed by atoms with Crippen LogP contribution in [-0.4, -0.2) is 30.5 Å². The van der Waals surface area contributed by atoms with Crippen molar-refractivity contribution in [2.75, 3.05) is 20.3 Å². The van der Waals surface area contributed by atoms with Gasteiger partial charge in [0.2, 0.25) is 5.43 Å². The summed E-state index contributed by atoms with van der Waals surface area (Å²) in [6.07, 6.45) is 2.93.